The van der Waals surface area contributed by atoms with Crippen LogP contribution >= 0.6 is 0 Å². The van der Waals surface area contributed by atoms with Crippen LogP contribution in [0.4, 0.5) is 0 Å². The predicted molar refractivity (Wildman–Crippen MR) is 76.9 cm³/mol. The van der Waals surface area contributed by atoms with Crippen molar-refractivity contribution in [1.82, 2.24) is 4.90 Å². The molecule has 1 saturated heterocycles. The van der Waals surface area contributed by atoms with Gasteiger partial charge in [-0.3, -0.25) is 14.5 Å². The van der Waals surface area contributed by atoms with E-state index in [4.69, 9.17) is 0 Å². The summed E-state index contributed by atoms with van der Waals surface area (Å²) in [6.07, 6.45) is 5.18. The number of carbonyl (C=O) groups is 2. The Hall–Kier alpha value is -0.900. The second-order valence-electron chi connectivity index (χ2n) is 6.88. The molecule has 2 fully saturated rings. The SMILES string of the molecule is CCC1(CC)CC(=O)N(CC2(O)CCCC(C)C2)C1=O. The average Bonchev–Trinajstić information content (AvgIpc) is 2.63. The molecule has 2 rings (SSSR count). The summed E-state index contributed by atoms with van der Waals surface area (Å²) in [7, 11) is 0. The van der Waals surface area contributed by atoms with Gasteiger partial charge in [0.2, 0.25) is 11.8 Å². The maximum atomic E-state index is 12.6. The number of rotatable bonds is 4. The summed E-state index contributed by atoms with van der Waals surface area (Å²) < 4.78 is 0. The molecule has 0 aromatic rings. The molecule has 2 atom stereocenters. The number of hydrogen-bond acceptors (Lipinski definition) is 3. The van der Waals surface area contributed by atoms with Crippen LogP contribution in [0.1, 0.15) is 65.7 Å². The number of nitrogens with zero attached hydrogens (tertiary/aromatic N) is 1. The van der Waals surface area contributed by atoms with E-state index in [1.807, 2.05) is 13.8 Å². The second-order valence-corrected chi connectivity index (χ2v) is 6.88. The molecule has 1 N–H and O–H groups in total. The molecule has 4 nitrogen and oxygen atoms in total. The number of β-amino-alcohol motifs (C(OH)–C–C–N with tert-alkyl or cyclic N) is 1. The van der Waals surface area contributed by atoms with Gasteiger partial charge in [0, 0.05) is 6.42 Å². The topological polar surface area (TPSA) is 57.6 Å². The quantitative estimate of drug-likeness (QED) is 0.805. The van der Waals surface area contributed by atoms with Gasteiger partial charge < -0.3 is 5.11 Å². The van der Waals surface area contributed by atoms with Crippen molar-refractivity contribution < 1.29 is 14.7 Å². The van der Waals surface area contributed by atoms with Crippen molar-refractivity contribution in [2.45, 2.75) is 71.3 Å². The van der Waals surface area contributed by atoms with Crippen LogP contribution in [0.15, 0.2) is 0 Å². The Labute approximate surface area is 121 Å². The van der Waals surface area contributed by atoms with Gasteiger partial charge in [-0.25, -0.2) is 0 Å². The third-order valence-corrected chi connectivity index (χ3v) is 5.36. The first-order chi connectivity index (χ1) is 9.36. The Bertz CT molecular complexity index is 403. The molecule has 2 aliphatic rings. The van der Waals surface area contributed by atoms with Gasteiger partial charge in [0.05, 0.1) is 17.6 Å². The Morgan fingerprint density at radius 2 is 1.95 bits per heavy atom. The molecular formula is C16H27NO3. The molecule has 2 amide bonds. The van der Waals surface area contributed by atoms with Gasteiger partial charge in [0.1, 0.15) is 0 Å². The Kier molecular flexibility index (Phi) is 4.24. The highest BCUT2D eigenvalue weighted by atomic mass is 16.3. The summed E-state index contributed by atoms with van der Waals surface area (Å²) in [4.78, 5) is 26.1. The lowest BCUT2D eigenvalue weighted by atomic mass is 9.78. The van der Waals surface area contributed by atoms with Crippen LogP contribution in [-0.2, 0) is 9.59 Å². The molecule has 0 aromatic carbocycles. The third kappa shape index (κ3) is 2.62. The van der Waals surface area contributed by atoms with Gasteiger partial charge in [-0.15, -0.1) is 0 Å². The van der Waals surface area contributed by atoms with E-state index in [0.717, 1.165) is 12.8 Å². The normalized spacial score (nSPS) is 33.8. The molecule has 0 radical (unpaired) electrons. The smallest absolute Gasteiger partial charge is 0.235 e. The van der Waals surface area contributed by atoms with E-state index in [1.165, 1.54) is 4.90 Å². The maximum absolute atomic E-state index is 12.6. The monoisotopic (exact) mass is 281 g/mol. The van der Waals surface area contributed by atoms with Crippen molar-refractivity contribution in [1.29, 1.82) is 0 Å². The molecule has 114 valence electrons. The maximum Gasteiger partial charge on any atom is 0.235 e. The van der Waals surface area contributed by atoms with Gasteiger partial charge in [0.15, 0.2) is 0 Å². The van der Waals surface area contributed by atoms with E-state index in [0.29, 0.717) is 38.0 Å². The number of imide groups is 1. The lowest BCUT2D eigenvalue weighted by molar-refractivity contribution is -0.147. The molecule has 0 aromatic heterocycles. The highest BCUT2D eigenvalue weighted by Gasteiger charge is 2.51. The Morgan fingerprint density at radius 1 is 1.30 bits per heavy atom. The molecule has 2 unspecified atom stereocenters. The summed E-state index contributed by atoms with van der Waals surface area (Å²) in [6.45, 7) is 6.25. The zero-order valence-corrected chi connectivity index (χ0v) is 12.9. The molecule has 4 heteroatoms. The molecular weight excluding hydrogens is 254 g/mol. The van der Waals surface area contributed by atoms with Crippen molar-refractivity contribution in [3.05, 3.63) is 0 Å². The summed E-state index contributed by atoms with van der Waals surface area (Å²) in [5.41, 5.74) is -1.39. The first kappa shape index (κ1) is 15.5. The van der Waals surface area contributed by atoms with Crippen LogP contribution in [0.3, 0.4) is 0 Å². The van der Waals surface area contributed by atoms with Gasteiger partial charge in [0.25, 0.3) is 0 Å². The van der Waals surface area contributed by atoms with E-state index in [1.54, 1.807) is 0 Å². The number of amides is 2. The van der Waals surface area contributed by atoms with Gasteiger partial charge in [-0.2, -0.15) is 0 Å². The Morgan fingerprint density at radius 3 is 2.45 bits per heavy atom. The summed E-state index contributed by atoms with van der Waals surface area (Å²) >= 11 is 0. The largest absolute Gasteiger partial charge is 0.388 e. The first-order valence-electron chi connectivity index (χ1n) is 7.93. The van der Waals surface area contributed by atoms with Crippen LogP contribution in [0.2, 0.25) is 0 Å². The minimum Gasteiger partial charge on any atom is -0.388 e. The van der Waals surface area contributed by atoms with E-state index in [2.05, 4.69) is 6.92 Å². The number of aliphatic hydroxyl groups is 1. The van der Waals surface area contributed by atoms with Gasteiger partial charge in [-0.1, -0.05) is 33.6 Å². The van der Waals surface area contributed by atoms with Gasteiger partial charge in [-0.05, 0) is 31.6 Å². The van der Waals surface area contributed by atoms with Crippen molar-refractivity contribution in [3.8, 4) is 0 Å². The van der Waals surface area contributed by atoms with Crippen molar-refractivity contribution in [3.63, 3.8) is 0 Å². The molecule has 0 spiro atoms. The fourth-order valence-corrected chi connectivity index (χ4v) is 3.89. The minimum atomic E-state index is -0.874. The zero-order chi connectivity index (χ0) is 15.0. The lowest BCUT2D eigenvalue weighted by Gasteiger charge is -2.38. The van der Waals surface area contributed by atoms with E-state index >= 15 is 0 Å². The van der Waals surface area contributed by atoms with Crippen molar-refractivity contribution >= 4 is 11.8 Å². The van der Waals surface area contributed by atoms with Gasteiger partial charge >= 0.3 is 0 Å². The Balaban J connectivity index is 2.13. The zero-order valence-electron chi connectivity index (χ0n) is 12.9. The summed E-state index contributed by atoms with van der Waals surface area (Å²) in [6, 6.07) is 0. The number of hydrogen-bond donors (Lipinski definition) is 1. The summed E-state index contributed by atoms with van der Waals surface area (Å²) in [5.74, 6) is 0.285. The van der Waals surface area contributed by atoms with E-state index in [-0.39, 0.29) is 18.4 Å². The molecule has 20 heavy (non-hydrogen) atoms. The minimum absolute atomic E-state index is 0.0702. The standard InChI is InChI=1S/C16H27NO3/c1-4-15(5-2)10-13(18)17(14(15)19)11-16(20)8-6-7-12(3)9-16/h12,20H,4-11H2,1-3H3. The second kappa shape index (κ2) is 5.47. The molecule has 1 aliphatic heterocycles. The number of likely N-dealkylation sites (tertiary alicyclic amines) is 1. The van der Waals surface area contributed by atoms with Crippen molar-refractivity contribution in [2.24, 2.45) is 11.3 Å². The third-order valence-electron chi connectivity index (χ3n) is 5.36. The van der Waals surface area contributed by atoms with Crippen molar-refractivity contribution in [2.75, 3.05) is 6.54 Å². The lowest BCUT2D eigenvalue weighted by Crippen LogP contribution is -2.49. The highest BCUT2D eigenvalue weighted by Crippen LogP contribution is 2.41. The van der Waals surface area contributed by atoms with Crippen LogP contribution in [-0.4, -0.2) is 34.0 Å². The fraction of sp³-hybridized carbons (Fsp3) is 0.875. The number of carbonyl (C=O) groups excluding carboxylic acids is 2. The van der Waals surface area contributed by atoms with Crippen LogP contribution in [0, 0.1) is 11.3 Å². The highest BCUT2D eigenvalue weighted by molar-refractivity contribution is 6.05. The van der Waals surface area contributed by atoms with E-state index < -0.39 is 11.0 Å². The van der Waals surface area contributed by atoms with Crippen LogP contribution < -0.4 is 0 Å². The van der Waals surface area contributed by atoms with E-state index in [9.17, 15) is 14.7 Å². The average molecular weight is 281 g/mol. The molecule has 1 aliphatic carbocycles. The fourth-order valence-electron chi connectivity index (χ4n) is 3.89. The summed E-state index contributed by atoms with van der Waals surface area (Å²) in [5, 5.41) is 10.7. The van der Waals surface area contributed by atoms with Crippen LogP contribution in [0.5, 0.6) is 0 Å². The first-order valence-corrected chi connectivity index (χ1v) is 7.93. The molecule has 0 bridgehead atoms. The molecule has 1 saturated carbocycles. The van der Waals surface area contributed by atoms with Crippen LogP contribution in [0.25, 0.3) is 0 Å². The molecule has 1 heterocycles. The predicted octanol–water partition coefficient (Wildman–Crippen LogP) is 2.49.